The van der Waals surface area contributed by atoms with Crippen LogP contribution in [-0.4, -0.2) is 46.7 Å². The maximum Gasteiger partial charge on any atom is 0.408 e. The number of carbonyl (C=O) groups is 2. The summed E-state index contributed by atoms with van der Waals surface area (Å²) in [4.78, 5) is 23.8. The number of hydrogen-bond donors (Lipinski definition) is 3. The van der Waals surface area contributed by atoms with Crippen molar-refractivity contribution in [3.8, 4) is 0 Å². The highest BCUT2D eigenvalue weighted by molar-refractivity contribution is 5.85. The Balaban J connectivity index is 4.69. The Morgan fingerprint density at radius 1 is 1.44 bits per heavy atom. The summed E-state index contributed by atoms with van der Waals surface area (Å²) in [7, 11) is 0. The summed E-state index contributed by atoms with van der Waals surface area (Å²) >= 11 is 0. The summed E-state index contributed by atoms with van der Waals surface area (Å²) in [5.74, 6) is -0.331. The number of nitrogens with two attached hydrogens (primary N) is 1. The van der Waals surface area contributed by atoms with Gasteiger partial charge in [-0.2, -0.15) is 0 Å². The normalized spacial score (nSPS) is 13.1. The van der Waals surface area contributed by atoms with Gasteiger partial charge in [-0.3, -0.25) is 9.69 Å². The van der Waals surface area contributed by atoms with E-state index in [4.69, 9.17) is 10.8 Å². The van der Waals surface area contributed by atoms with Crippen molar-refractivity contribution >= 4 is 12.0 Å². The predicted molar refractivity (Wildman–Crippen MR) is 61.1 cm³/mol. The summed E-state index contributed by atoms with van der Waals surface area (Å²) in [5.41, 5.74) is 4.63. The molecule has 16 heavy (non-hydrogen) atoms. The lowest BCUT2D eigenvalue weighted by atomic mass is 10.0. The Bertz CT molecular complexity index is 261. The highest BCUT2D eigenvalue weighted by Gasteiger charge is 2.34. The number of rotatable bonds is 4. The third-order valence-electron chi connectivity index (χ3n) is 2.14. The lowest BCUT2D eigenvalue weighted by Gasteiger charge is -2.37. The van der Waals surface area contributed by atoms with Crippen LogP contribution in [0.4, 0.5) is 4.79 Å². The Morgan fingerprint density at radius 2 is 1.94 bits per heavy atom. The standard InChI is InChI=1S/C10H21N3O3/c1-7(8(14)12-6-5-11)13(9(15)16)10(2,3)4/h7H,5-6,11H2,1-4H3,(H,12,14)(H,15,16)/t7-/m0/s1. The number of hydrogen-bond acceptors (Lipinski definition) is 3. The highest BCUT2D eigenvalue weighted by atomic mass is 16.4. The minimum Gasteiger partial charge on any atom is -0.465 e. The molecule has 0 fully saturated rings. The molecule has 2 amide bonds. The molecule has 0 spiro atoms. The zero-order valence-electron chi connectivity index (χ0n) is 10.3. The van der Waals surface area contributed by atoms with E-state index in [1.807, 2.05) is 0 Å². The van der Waals surface area contributed by atoms with Crippen molar-refractivity contribution in [2.45, 2.75) is 39.3 Å². The molecule has 94 valence electrons. The van der Waals surface area contributed by atoms with Crippen LogP contribution >= 0.6 is 0 Å². The molecular weight excluding hydrogens is 210 g/mol. The van der Waals surface area contributed by atoms with E-state index in [0.717, 1.165) is 4.90 Å². The minimum absolute atomic E-state index is 0.331. The van der Waals surface area contributed by atoms with Crippen LogP contribution < -0.4 is 11.1 Å². The van der Waals surface area contributed by atoms with Gasteiger partial charge in [0.2, 0.25) is 5.91 Å². The van der Waals surface area contributed by atoms with Crippen LogP contribution in [0.2, 0.25) is 0 Å². The van der Waals surface area contributed by atoms with Gasteiger partial charge in [0.05, 0.1) is 0 Å². The molecule has 6 heteroatoms. The van der Waals surface area contributed by atoms with Crippen LogP contribution in [0.25, 0.3) is 0 Å². The average molecular weight is 231 g/mol. The molecule has 0 rings (SSSR count). The quantitative estimate of drug-likeness (QED) is 0.645. The van der Waals surface area contributed by atoms with Gasteiger partial charge in [0.15, 0.2) is 0 Å². The zero-order chi connectivity index (χ0) is 12.9. The van der Waals surface area contributed by atoms with Crippen molar-refractivity contribution < 1.29 is 14.7 Å². The molecule has 0 aliphatic rings. The van der Waals surface area contributed by atoms with Gasteiger partial charge in [0.1, 0.15) is 6.04 Å². The first-order valence-corrected chi connectivity index (χ1v) is 5.22. The van der Waals surface area contributed by atoms with Crippen LogP contribution in [0.15, 0.2) is 0 Å². The molecule has 0 saturated heterocycles. The molecule has 0 aromatic heterocycles. The number of carbonyl (C=O) groups excluding carboxylic acids is 1. The Hall–Kier alpha value is -1.30. The van der Waals surface area contributed by atoms with E-state index in [9.17, 15) is 9.59 Å². The average Bonchev–Trinajstić information content (AvgIpc) is 2.10. The fraction of sp³-hybridized carbons (Fsp3) is 0.800. The van der Waals surface area contributed by atoms with Gasteiger partial charge in [-0.1, -0.05) is 0 Å². The first kappa shape index (κ1) is 14.7. The molecule has 6 nitrogen and oxygen atoms in total. The molecule has 1 atom stereocenters. The van der Waals surface area contributed by atoms with E-state index in [1.54, 1.807) is 27.7 Å². The van der Waals surface area contributed by atoms with Crippen molar-refractivity contribution in [1.29, 1.82) is 0 Å². The second kappa shape index (κ2) is 5.69. The van der Waals surface area contributed by atoms with Crippen molar-refractivity contribution in [2.75, 3.05) is 13.1 Å². The van der Waals surface area contributed by atoms with E-state index in [-0.39, 0.29) is 5.91 Å². The molecule has 0 radical (unpaired) electrons. The summed E-state index contributed by atoms with van der Waals surface area (Å²) < 4.78 is 0. The van der Waals surface area contributed by atoms with E-state index < -0.39 is 17.7 Å². The lowest BCUT2D eigenvalue weighted by molar-refractivity contribution is -0.126. The third-order valence-corrected chi connectivity index (χ3v) is 2.14. The topological polar surface area (TPSA) is 95.7 Å². The van der Waals surface area contributed by atoms with Gasteiger partial charge in [0, 0.05) is 18.6 Å². The SMILES string of the molecule is C[C@@H](C(=O)NCCN)N(C(=O)O)C(C)(C)C. The maximum atomic E-state index is 11.6. The lowest BCUT2D eigenvalue weighted by Crippen LogP contribution is -2.55. The molecule has 0 aromatic carbocycles. The smallest absolute Gasteiger partial charge is 0.408 e. The molecule has 0 aromatic rings. The number of carboxylic acid groups (broad SMARTS) is 1. The van der Waals surface area contributed by atoms with E-state index in [2.05, 4.69) is 5.32 Å². The predicted octanol–water partition coefficient (Wildman–Crippen LogP) is 0.228. The van der Waals surface area contributed by atoms with Crippen molar-refractivity contribution in [2.24, 2.45) is 5.73 Å². The molecule has 0 unspecified atom stereocenters. The van der Waals surface area contributed by atoms with Crippen LogP contribution in [0.1, 0.15) is 27.7 Å². The Labute approximate surface area is 95.8 Å². The maximum absolute atomic E-state index is 11.6. The summed E-state index contributed by atoms with van der Waals surface area (Å²) in [6.07, 6.45) is -1.11. The number of nitrogens with zero attached hydrogens (tertiary/aromatic N) is 1. The largest absolute Gasteiger partial charge is 0.465 e. The van der Waals surface area contributed by atoms with Crippen molar-refractivity contribution in [3.05, 3.63) is 0 Å². The van der Waals surface area contributed by atoms with Gasteiger partial charge in [0.25, 0.3) is 0 Å². The summed E-state index contributed by atoms with van der Waals surface area (Å²) in [6.45, 7) is 7.47. The van der Waals surface area contributed by atoms with Gasteiger partial charge < -0.3 is 16.2 Å². The van der Waals surface area contributed by atoms with Crippen molar-refractivity contribution in [3.63, 3.8) is 0 Å². The number of amides is 2. The van der Waals surface area contributed by atoms with E-state index >= 15 is 0 Å². The molecule has 0 aliphatic heterocycles. The fourth-order valence-electron chi connectivity index (χ4n) is 1.49. The molecule has 4 N–H and O–H groups in total. The molecule has 0 aliphatic carbocycles. The third kappa shape index (κ3) is 4.06. The van der Waals surface area contributed by atoms with Gasteiger partial charge in [-0.05, 0) is 27.7 Å². The van der Waals surface area contributed by atoms with Gasteiger partial charge in [-0.25, -0.2) is 4.79 Å². The van der Waals surface area contributed by atoms with Crippen LogP contribution in [-0.2, 0) is 4.79 Å². The van der Waals surface area contributed by atoms with Crippen LogP contribution in [0.3, 0.4) is 0 Å². The van der Waals surface area contributed by atoms with E-state index in [0.29, 0.717) is 13.1 Å². The molecular formula is C10H21N3O3. The molecule has 0 heterocycles. The summed E-state index contributed by atoms with van der Waals surface area (Å²) in [5, 5.41) is 11.6. The van der Waals surface area contributed by atoms with Crippen molar-refractivity contribution in [1.82, 2.24) is 10.2 Å². The number of nitrogens with one attached hydrogen (secondary N) is 1. The highest BCUT2D eigenvalue weighted by Crippen LogP contribution is 2.17. The minimum atomic E-state index is -1.11. The first-order valence-electron chi connectivity index (χ1n) is 5.22. The summed E-state index contributed by atoms with van der Waals surface area (Å²) in [6, 6.07) is -0.732. The second-order valence-corrected chi connectivity index (χ2v) is 4.58. The van der Waals surface area contributed by atoms with Crippen LogP contribution in [0, 0.1) is 0 Å². The van der Waals surface area contributed by atoms with Gasteiger partial charge >= 0.3 is 6.09 Å². The molecule has 0 bridgehead atoms. The molecule has 0 saturated carbocycles. The monoisotopic (exact) mass is 231 g/mol. The Morgan fingerprint density at radius 3 is 2.25 bits per heavy atom. The first-order chi connectivity index (χ1) is 7.21. The Kier molecular flexibility index (Phi) is 5.23. The van der Waals surface area contributed by atoms with Gasteiger partial charge in [-0.15, -0.1) is 0 Å². The fourth-order valence-corrected chi connectivity index (χ4v) is 1.49. The zero-order valence-corrected chi connectivity index (χ0v) is 10.3. The second-order valence-electron chi connectivity index (χ2n) is 4.58. The van der Waals surface area contributed by atoms with E-state index in [1.165, 1.54) is 0 Å². The van der Waals surface area contributed by atoms with Crippen LogP contribution in [0.5, 0.6) is 0 Å².